The van der Waals surface area contributed by atoms with Crippen molar-refractivity contribution in [1.29, 1.82) is 0 Å². The topological polar surface area (TPSA) is 25.8 Å². The average molecular weight is 256 g/mol. The van der Waals surface area contributed by atoms with Crippen LogP contribution < -0.4 is 0 Å². The Morgan fingerprint density at radius 3 is 2.56 bits per heavy atom. The van der Waals surface area contributed by atoms with Crippen molar-refractivity contribution in [2.24, 2.45) is 0 Å². The number of hydrogen-bond acceptors (Lipinski definition) is 3. The van der Waals surface area contributed by atoms with E-state index < -0.39 is 0 Å². The Morgan fingerprint density at radius 2 is 1.78 bits per heavy atom. The van der Waals surface area contributed by atoms with Gasteiger partial charge in [-0.2, -0.15) is 8.75 Å². The van der Waals surface area contributed by atoms with Crippen molar-refractivity contribution in [3.63, 3.8) is 0 Å². The first-order valence-corrected chi connectivity index (χ1v) is 6.55. The lowest BCUT2D eigenvalue weighted by molar-refractivity contribution is 0.624. The molecule has 4 rings (SSSR count). The minimum Gasteiger partial charge on any atom is -0.207 e. The molecule has 1 aromatic heterocycles. The number of benzene rings is 2. The van der Waals surface area contributed by atoms with Crippen molar-refractivity contribution in [3.8, 4) is 0 Å². The van der Waals surface area contributed by atoms with Gasteiger partial charge in [-0.05, 0) is 47.4 Å². The molecule has 0 aliphatic heterocycles. The maximum atomic E-state index is 12.9. The number of halogens is 1. The van der Waals surface area contributed by atoms with Crippen molar-refractivity contribution in [1.82, 2.24) is 8.75 Å². The first-order valence-electron chi connectivity index (χ1n) is 5.82. The van der Waals surface area contributed by atoms with Gasteiger partial charge in [0.25, 0.3) is 0 Å². The molecule has 1 unspecified atom stereocenters. The van der Waals surface area contributed by atoms with E-state index in [0.29, 0.717) is 5.92 Å². The second kappa shape index (κ2) is 3.59. The van der Waals surface area contributed by atoms with Crippen LogP contribution in [0, 0.1) is 5.82 Å². The molecule has 0 fully saturated rings. The van der Waals surface area contributed by atoms with Crippen molar-refractivity contribution in [2.45, 2.75) is 12.3 Å². The van der Waals surface area contributed by atoms with Gasteiger partial charge in [0.1, 0.15) is 16.9 Å². The van der Waals surface area contributed by atoms with Crippen LogP contribution in [0.1, 0.15) is 22.6 Å². The fraction of sp³-hybridized carbons (Fsp3) is 0.143. The minimum absolute atomic E-state index is 0.183. The number of nitrogens with zero attached hydrogens (tertiary/aromatic N) is 2. The third kappa shape index (κ3) is 1.39. The lowest BCUT2D eigenvalue weighted by Crippen LogP contribution is -2.18. The van der Waals surface area contributed by atoms with Crippen LogP contribution in [0.3, 0.4) is 0 Å². The zero-order valence-corrected chi connectivity index (χ0v) is 10.2. The molecule has 0 radical (unpaired) electrons. The van der Waals surface area contributed by atoms with E-state index in [2.05, 4.69) is 20.9 Å². The van der Waals surface area contributed by atoms with E-state index in [4.69, 9.17) is 0 Å². The summed E-state index contributed by atoms with van der Waals surface area (Å²) in [5, 5.41) is 0. The highest BCUT2D eigenvalue weighted by Gasteiger charge is 2.28. The Bertz CT molecular complexity index is 733. The van der Waals surface area contributed by atoms with Gasteiger partial charge >= 0.3 is 0 Å². The second-order valence-electron chi connectivity index (χ2n) is 4.61. The molecule has 2 aromatic carbocycles. The lowest BCUT2D eigenvalue weighted by atomic mass is 9.73. The third-order valence-corrected chi connectivity index (χ3v) is 4.14. The molecular formula is C14H9FN2S. The molecule has 88 valence electrons. The van der Waals surface area contributed by atoms with Crippen LogP contribution >= 0.6 is 11.7 Å². The molecule has 0 saturated heterocycles. The van der Waals surface area contributed by atoms with Crippen LogP contribution in [0.15, 0.2) is 36.4 Å². The molecule has 1 heterocycles. The fourth-order valence-electron chi connectivity index (χ4n) is 2.58. The maximum absolute atomic E-state index is 12.9. The largest absolute Gasteiger partial charge is 0.207 e. The second-order valence-corrected chi connectivity index (χ2v) is 5.14. The Hall–Kier alpha value is -1.81. The van der Waals surface area contributed by atoms with Gasteiger partial charge in [-0.1, -0.05) is 12.1 Å². The predicted octanol–water partition coefficient (Wildman–Crippen LogP) is 3.52. The average Bonchev–Trinajstić information content (AvgIpc) is 2.81. The molecule has 1 aliphatic rings. The van der Waals surface area contributed by atoms with Crippen molar-refractivity contribution in [2.75, 3.05) is 0 Å². The van der Waals surface area contributed by atoms with Gasteiger partial charge in [0.2, 0.25) is 0 Å². The highest BCUT2D eigenvalue weighted by Crippen LogP contribution is 2.41. The van der Waals surface area contributed by atoms with Crippen molar-refractivity contribution >= 4 is 22.8 Å². The summed E-state index contributed by atoms with van der Waals surface area (Å²) in [6, 6.07) is 11.0. The SMILES string of the molecule is Fc1ccc(C2Cc3cc4nsnc4cc32)cc1. The van der Waals surface area contributed by atoms with E-state index in [1.54, 1.807) is 0 Å². The standard InChI is InChI=1S/C14H9FN2S/c15-10-3-1-8(2-4-10)11-5-9-6-13-14(7-12(9)11)17-18-16-13/h1-4,6-7,11H,5H2. The highest BCUT2D eigenvalue weighted by molar-refractivity contribution is 7.00. The first kappa shape index (κ1) is 10.1. The predicted molar refractivity (Wildman–Crippen MR) is 69.4 cm³/mol. The molecule has 18 heavy (non-hydrogen) atoms. The zero-order chi connectivity index (χ0) is 12.1. The quantitative estimate of drug-likeness (QED) is 0.665. The van der Waals surface area contributed by atoms with Crippen LogP contribution in [0.4, 0.5) is 4.39 Å². The third-order valence-electron chi connectivity index (χ3n) is 3.59. The summed E-state index contributed by atoms with van der Waals surface area (Å²) in [5.74, 6) is 0.198. The van der Waals surface area contributed by atoms with E-state index in [-0.39, 0.29) is 5.82 Å². The molecule has 4 heteroatoms. The molecule has 1 aliphatic carbocycles. The molecule has 0 bridgehead atoms. The Morgan fingerprint density at radius 1 is 1.06 bits per heavy atom. The van der Waals surface area contributed by atoms with Gasteiger partial charge in [-0.3, -0.25) is 0 Å². The fourth-order valence-corrected chi connectivity index (χ4v) is 3.09. The summed E-state index contributed by atoms with van der Waals surface area (Å²) in [7, 11) is 0. The number of fused-ring (bicyclic) bond motifs is 2. The lowest BCUT2D eigenvalue weighted by Gasteiger charge is -2.30. The Balaban J connectivity index is 1.80. The monoisotopic (exact) mass is 256 g/mol. The van der Waals surface area contributed by atoms with Crippen LogP contribution in [-0.4, -0.2) is 8.75 Å². The summed E-state index contributed by atoms with van der Waals surface area (Å²) in [6.07, 6.45) is 1.01. The first-order chi connectivity index (χ1) is 8.81. The number of hydrogen-bond donors (Lipinski definition) is 0. The van der Waals surface area contributed by atoms with E-state index >= 15 is 0 Å². The van der Waals surface area contributed by atoms with E-state index in [9.17, 15) is 4.39 Å². The van der Waals surface area contributed by atoms with E-state index in [0.717, 1.165) is 17.5 Å². The summed E-state index contributed by atoms with van der Waals surface area (Å²) in [6.45, 7) is 0. The summed E-state index contributed by atoms with van der Waals surface area (Å²) in [5.41, 5.74) is 5.76. The highest BCUT2D eigenvalue weighted by atomic mass is 32.1. The van der Waals surface area contributed by atoms with Gasteiger partial charge in [0, 0.05) is 5.92 Å². The summed E-state index contributed by atoms with van der Waals surface area (Å²) < 4.78 is 21.4. The summed E-state index contributed by atoms with van der Waals surface area (Å²) in [4.78, 5) is 0. The number of aromatic nitrogens is 2. The molecule has 0 spiro atoms. The van der Waals surface area contributed by atoms with Gasteiger partial charge < -0.3 is 0 Å². The Kier molecular flexibility index (Phi) is 2.02. The zero-order valence-electron chi connectivity index (χ0n) is 9.43. The van der Waals surface area contributed by atoms with Crippen LogP contribution in [-0.2, 0) is 6.42 Å². The normalized spacial score (nSPS) is 17.5. The molecule has 1 atom stereocenters. The van der Waals surface area contributed by atoms with Gasteiger partial charge in [-0.25, -0.2) is 4.39 Å². The van der Waals surface area contributed by atoms with Gasteiger partial charge in [-0.15, -0.1) is 0 Å². The summed E-state index contributed by atoms with van der Waals surface area (Å²) >= 11 is 1.25. The molecular weight excluding hydrogens is 247 g/mol. The smallest absolute Gasteiger partial charge is 0.123 e. The molecule has 0 N–H and O–H groups in total. The van der Waals surface area contributed by atoms with Crippen LogP contribution in [0.2, 0.25) is 0 Å². The Labute approximate surface area is 107 Å². The van der Waals surface area contributed by atoms with Gasteiger partial charge in [0.05, 0.1) is 11.7 Å². The molecule has 0 saturated carbocycles. The number of rotatable bonds is 1. The molecule has 0 amide bonds. The molecule has 2 nitrogen and oxygen atoms in total. The van der Waals surface area contributed by atoms with E-state index in [1.165, 1.54) is 40.6 Å². The molecule has 3 aromatic rings. The van der Waals surface area contributed by atoms with Crippen molar-refractivity contribution < 1.29 is 4.39 Å². The minimum atomic E-state index is -0.183. The van der Waals surface area contributed by atoms with Crippen LogP contribution in [0.25, 0.3) is 11.0 Å². The van der Waals surface area contributed by atoms with Gasteiger partial charge in [0.15, 0.2) is 0 Å². The van der Waals surface area contributed by atoms with Crippen molar-refractivity contribution in [3.05, 3.63) is 58.9 Å². The maximum Gasteiger partial charge on any atom is 0.123 e. The van der Waals surface area contributed by atoms with E-state index in [1.807, 2.05) is 12.1 Å². The van der Waals surface area contributed by atoms with Crippen LogP contribution in [0.5, 0.6) is 0 Å².